The maximum Gasteiger partial charge on any atom is 0.303 e. The fourth-order valence-corrected chi connectivity index (χ4v) is 2.46. The number of carboxylic acids is 1. The third kappa shape index (κ3) is 4.51. The van der Waals surface area contributed by atoms with Gasteiger partial charge < -0.3 is 10.0 Å². The number of aliphatic carboxylic acids is 1. The van der Waals surface area contributed by atoms with Crippen LogP contribution in [0.5, 0.6) is 0 Å². The summed E-state index contributed by atoms with van der Waals surface area (Å²) in [5, 5.41) is 8.69. The summed E-state index contributed by atoms with van der Waals surface area (Å²) in [4.78, 5) is 24.5. The van der Waals surface area contributed by atoms with E-state index in [9.17, 15) is 9.59 Å². The molecule has 0 spiro atoms. The first-order valence-electron chi connectivity index (χ1n) is 6.72. The molecular formula is C14H23NO3. The van der Waals surface area contributed by atoms with Crippen LogP contribution in [0.3, 0.4) is 0 Å². The number of carboxylic acid groups (broad SMARTS) is 1. The van der Waals surface area contributed by atoms with E-state index in [1.807, 2.05) is 24.8 Å². The van der Waals surface area contributed by atoms with Crippen LogP contribution in [-0.2, 0) is 9.59 Å². The van der Waals surface area contributed by atoms with E-state index in [1.165, 1.54) is 0 Å². The zero-order chi connectivity index (χ0) is 13.5. The van der Waals surface area contributed by atoms with Gasteiger partial charge >= 0.3 is 5.97 Å². The summed E-state index contributed by atoms with van der Waals surface area (Å²) in [7, 11) is 0. The summed E-state index contributed by atoms with van der Waals surface area (Å²) in [6.45, 7) is 5.38. The van der Waals surface area contributed by atoms with Crippen molar-refractivity contribution in [3.63, 3.8) is 0 Å². The predicted molar refractivity (Wildman–Crippen MR) is 70.2 cm³/mol. The fourth-order valence-electron chi connectivity index (χ4n) is 2.46. The van der Waals surface area contributed by atoms with Crippen LogP contribution in [0.2, 0.25) is 0 Å². The topological polar surface area (TPSA) is 57.6 Å². The quantitative estimate of drug-likeness (QED) is 0.766. The normalized spacial score (nSPS) is 20.9. The smallest absolute Gasteiger partial charge is 0.303 e. The molecule has 0 aromatic heterocycles. The highest BCUT2D eigenvalue weighted by atomic mass is 16.4. The zero-order valence-electron chi connectivity index (χ0n) is 11.3. The second-order valence-electron chi connectivity index (χ2n) is 4.99. The van der Waals surface area contributed by atoms with Gasteiger partial charge in [-0.2, -0.15) is 0 Å². The van der Waals surface area contributed by atoms with E-state index < -0.39 is 5.97 Å². The Kier molecular flexibility index (Phi) is 5.89. The van der Waals surface area contributed by atoms with Crippen molar-refractivity contribution in [3.8, 4) is 0 Å². The second kappa shape index (κ2) is 7.19. The first-order chi connectivity index (χ1) is 8.54. The molecule has 18 heavy (non-hydrogen) atoms. The van der Waals surface area contributed by atoms with E-state index in [2.05, 4.69) is 0 Å². The molecule has 1 aliphatic rings. The van der Waals surface area contributed by atoms with E-state index in [4.69, 9.17) is 5.11 Å². The van der Waals surface area contributed by atoms with Crippen molar-refractivity contribution < 1.29 is 14.7 Å². The van der Waals surface area contributed by atoms with Gasteiger partial charge in [-0.15, -0.1) is 0 Å². The number of allylic oxidation sites excluding steroid dienone is 1. The lowest BCUT2D eigenvalue weighted by Gasteiger charge is -2.33. The second-order valence-corrected chi connectivity index (χ2v) is 4.99. The Bertz CT molecular complexity index is 336. The number of hydrogen-bond donors (Lipinski definition) is 1. The van der Waals surface area contributed by atoms with Gasteiger partial charge in [0.05, 0.1) is 0 Å². The molecule has 102 valence electrons. The van der Waals surface area contributed by atoms with Gasteiger partial charge in [0.2, 0.25) is 5.91 Å². The largest absolute Gasteiger partial charge is 0.481 e. The summed E-state index contributed by atoms with van der Waals surface area (Å²) in [5.74, 6) is -0.300. The molecule has 4 nitrogen and oxygen atoms in total. The van der Waals surface area contributed by atoms with E-state index >= 15 is 0 Å². The minimum Gasteiger partial charge on any atom is -0.481 e. The van der Waals surface area contributed by atoms with Crippen LogP contribution in [0, 0.1) is 5.92 Å². The number of amides is 1. The molecule has 1 fully saturated rings. The van der Waals surface area contributed by atoms with Gasteiger partial charge in [0.15, 0.2) is 0 Å². The SMILES string of the molecule is CCC=C(C)C(=O)N1CCCC(CCC(=O)O)C1. The Labute approximate surface area is 109 Å². The predicted octanol–water partition coefficient (Wildman–Crippen LogP) is 2.45. The minimum absolute atomic E-state index is 0.108. The van der Waals surface area contributed by atoms with Crippen LogP contribution >= 0.6 is 0 Å². The molecule has 1 atom stereocenters. The Hall–Kier alpha value is -1.32. The molecule has 1 unspecified atom stereocenters. The van der Waals surface area contributed by atoms with Gasteiger partial charge in [0, 0.05) is 25.1 Å². The average Bonchev–Trinajstić information content (AvgIpc) is 2.36. The van der Waals surface area contributed by atoms with Crippen LogP contribution < -0.4 is 0 Å². The average molecular weight is 253 g/mol. The maximum atomic E-state index is 12.1. The monoisotopic (exact) mass is 253 g/mol. The minimum atomic E-state index is -0.750. The number of carbonyl (C=O) groups is 2. The van der Waals surface area contributed by atoms with Crippen molar-refractivity contribution in [1.82, 2.24) is 4.90 Å². The Morgan fingerprint density at radius 2 is 2.17 bits per heavy atom. The van der Waals surface area contributed by atoms with Crippen molar-refractivity contribution in [2.24, 2.45) is 5.92 Å². The first-order valence-corrected chi connectivity index (χ1v) is 6.72. The van der Waals surface area contributed by atoms with Crippen LogP contribution in [0.4, 0.5) is 0 Å². The van der Waals surface area contributed by atoms with Gasteiger partial charge in [0.25, 0.3) is 0 Å². The number of hydrogen-bond acceptors (Lipinski definition) is 2. The zero-order valence-corrected chi connectivity index (χ0v) is 11.3. The number of rotatable bonds is 5. The molecule has 0 radical (unpaired) electrons. The van der Waals surface area contributed by atoms with Crippen LogP contribution in [-0.4, -0.2) is 35.0 Å². The van der Waals surface area contributed by atoms with Crippen LogP contribution in [0.25, 0.3) is 0 Å². The molecule has 1 saturated heterocycles. The van der Waals surface area contributed by atoms with Crippen molar-refractivity contribution in [1.29, 1.82) is 0 Å². The van der Waals surface area contributed by atoms with E-state index in [1.54, 1.807) is 0 Å². The molecule has 0 aromatic rings. The lowest BCUT2D eigenvalue weighted by atomic mass is 9.93. The van der Waals surface area contributed by atoms with Gasteiger partial charge in [-0.05, 0) is 38.5 Å². The highest BCUT2D eigenvalue weighted by Gasteiger charge is 2.24. The molecule has 0 aromatic carbocycles. The van der Waals surface area contributed by atoms with E-state index in [0.29, 0.717) is 18.9 Å². The molecule has 1 N–H and O–H groups in total. The number of likely N-dealkylation sites (tertiary alicyclic amines) is 1. The van der Waals surface area contributed by atoms with Crippen LogP contribution in [0.1, 0.15) is 46.0 Å². The Morgan fingerprint density at radius 3 is 2.78 bits per heavy atom. The lowest BCUT2D eigenvalue weighted by Crippen LogP contribution is -2.40. The summed E-state index contributed by atoms with van der Waals surface area (Å²) in [5.41, 5.74) is 0.802. The molecular weight excluding hydrogens is 230 g/mol. The van der Waals surface area contributed by atoms with Crippen LogP contribution in [0.15, 0.2) is 11.6 Å². The molecule has 1 rings (SSSR count). The molecule has 4 heteroatoms. The van der Waals surface area contributed by atoms with Crippen molar-refractivity contribution >= 4 is 11.9 Å². The summed E-state index contributed by atoms with van der Waals surface area (Å²) < 4.78 is 0. The summed E-state index contributed by atoms with van der Waals surface area (Å²) >= 11 is 0. The first kappa shape index (κ1) is 14.7. The summed E-state index contributed by atoms with van der Waals surface area (Å²) in [6.07, 6.45) is 5.71. The van der Waals surface area contributed by atoms with Gasteiger partial charge in [0.1, 0.15) is 0 Å². The third-order valence-electron chi connectivity index (χ3n) is 3.42. The lowest BCUT2D eigenvalue weighted by molar-refractivity contribution is -0.137. The third-order valence-corrected chi connectivity index (χ3v) is 3.42. The molecule has 0 saturated carbocycles. The Morgan fingerprint density at radius 1 is 1.44 bits per heavy atom. The fraction of sp³-hybridized carbons (Fsp3) is 0.714. The van der Waals surface area contributed by atoms with Gasteiger partial charge in [-0.25, -0.2) is 0 Å². The molecule has 1 aliphatic heterocycles. The number of carbonyl (C=O) groups excluding carboxylic acids is 1. The number of nitrogens with zero attached hydrogens (tertiary/aromatic N) is 1. The number of piperidine rings is 1. The molecule has 0 bridgehead atoms. The van der Waals surface area contributed by atoms with Crippen molar-refractivity contribution in [2.45, 2.75) is 46.0 Å². The molecule has 0 aliphatic carbocycles. The molecule has 1 heterocycles. The maximum absolute atomic E-state index is 12.1. The van der Waals surface area contributed by atoms with Gasteiger partial charge in [-0.1, -0.05) is 13.0 Å². The van der Waals surface area contributed by atoms with E-state index in [-0.39, 0.29) is 12.3 Å². The standard InChI is InChI=1S/C14H23NO3/c1-3-5-11(2)14(18)15-9-4-6-12(10-15)7-8-13(16)17/h5,12H,3-4,6-10H2,1-2H3,(H,16,17). The van der Waals surface area contributed by atoms with Crippen molar-refractivity contribution in [3.05, 3.63) is 11.6 Å². The van der Waals surface area contributed by atoms with Crippen molar-refractivity contribution in [2.75, 3.05) is 13.1 Å². The Balaban J connectivity index is 2.50. The van der Waals surface area contributed by atoms with Gasteiger partial charge in [-0.3, -0.25) is 9.59 Å². The highest BCUT2D eigenvalue weighted by molar-refractivity contribution is 5.92. The molecule has 1 amide bonds. The summed E-state index contributed by atoms with van der Waals surface area (Å²) in [6, 6.07) is 0. The highest BCUT2D eigenvalue weighted by Crippen LogP contribution is 2.22. The van der Waals surface area contributed by atoms with E-state index in [0.717, 1.165) is 31.4 Å².